The Kier molecular flexibility index (Phi) is 14.1. The molecule has 244 valence electrons. The van der Waals surface area contributed by atoms with Crippen LogP contribution in [-0.2, 0) is 34.5 Å². The highest BCUT2D eigenvalue weighted by Crippen LogP contribution is 2.54. The zero-order valence-corrected chi connectivity index (χ0v) is 27.3. The van der Waals surface area contributed by atoms with Gasteiger partial charge in [0.1, 0.15) is 12.9 Å². The number of nitrogens with zero attached hydrogens (tertiary/aromatic N) is 4. The van der Waals surface area contributed by atoms with E-state index in [2.05, 4.69) is 0 Å². The van der Waals surface area contributed by atoms with Crippen molar-refractivity contribution < 1.29 is 42.9 Å². The molecule has 1 fully saturated rings. The molecule has 1 aromatic carbocycles. The van der Waals surface area contributed by atoms with Crippen molar-refractivity contribution in [3.05, 3.63) is 35.9 Å². The topological polar surface area (TPSA) is 149 Å². The van der Waals surface area contributed by atoms with Gasteiger partial charge in [-0.3, -0.25) is 28.9 Å². The molecule has 0 radical (unpaired) electrons. The first-order valence-corrected chi connectivity index (χ1v) is 16.2. The molecule has 1 saturated heterocycles. The molecule has 2 rings (SSSR count). The first-order chi connectivity index (χ1) is 19.9. The Labute approximate surface area is 255 Å². The first-order valence-electron chi connectivity index (χ1n) is 14.5. The van der Waals surface area contributed by atoms with Crippen LogP contribution in [0.25, 0.3) is 0 Å². The Morgan fingerprint density at radius 1 is 0.721 bits per heavy atom. The third-order valence-electron chi connectivity index (χ3n) is 6.22. The van der Waals surface area contributed by atoms with Gasteiger partial charge in [0.05, 0.1) is 24.3 Å². The molecule has 0 spiro atoms. The number of benzene rings is 1. The number of hydrogen-bond acceptors (Lipinski definition) is 10. The van der Waals surface area contributed by atoms with Crippen molar-refractivity contribution in [1.82, 2.24) is 19.6 Å². The van der Waals surface area contributed by atoms with E-state index in [4.69, 9.17) is 13.8 Å². The molecule has 0 saturated carbocycles. The maximum absolute atomic E-state index is 14.0. The number of hydrogen-bond donors (Lipinski definition) is 2. The molecular weight excluding hydrogens is 579 g/mol. The summed E-state index contributed by atoms with van der Waals surface area (Å²) in [6.45, 7) is 12.4. The highest BCUT2D eigenvalue weighted by atomic mass is 31.2. The Bertz CT molecular complexity index is 1040. The second-order valence-corrected chi connectivity index (χ2v) is 14.5. The molecule has 43 heavy (non-hydrogen) atoms. The number of ether oxygens (including phenoxy) is 1. The molecule has 1 aliphatic rings. The summed E-state index contributed by atoms with van der Waals surface area (Å²) in [6.07, 6.45) is -0.617. The van der Waals surface area contributed by atoms with Crippen LogP contribution in [0.2, 0.25) is 0 Å². The van der Waals surface area contributed by atoms with Crippen molar-refractivity contribution in [2.75, 3.05) is 71.7 Å². The van der Waals surface area contributed by atoms with Gasteiger partial charge in [-0.1, -0.05) is 30.3 Å². The van der Waals surface area contributed by atoms with Crippen molar-refractivity contribution >= 4 is 25.6 Å². The van der Waals surface area contributed by atoms with E-state index in [-0.39, 0.29) is 52.2 Å². The molecule has 0 bridgehead atoms. The van der Waals surface area contributed by atoms with E-state index in [9.17, 15) is 29.2 Å². The lowest BCUT2D eigenvalue weighted by Crippen LogP contribution is -2.49. The fourth-order valence-electron chi connectivity index (χ4n) is 4.53. The second-order valence-electron chi connectivity index (χ2n) is 12.6. The van der Waals surface area contributed by atoms with E-state index in [0.717, 1.165) is 5.56 Å². The minimum Gasteiger partial charge on any atom is -0.480 e. The summed E-state index contributed by atoms with van der Waals surface area (Å²) in [5, 5.41) is 19.1. The normalized spacial score (nSPS) is 17.6. The van der Waals surface area contributed by atoms with Gasteiger partial charge in [0.25, 0.3) is 0 Å². The summed E-state index contributed by atoms with van der Waals surface area (Å²) in [7, 11) is -3.67. The average molecular weight is 629 g/mol. The average Bonchev–Trinajstić information content (AvgIpc) is 2.85. The number of carbonyl (C=O) groups is 3. The van der Waals surface area contributed by atoms with E-state index < -0.39 is 36.8 Å². The fourth-order valence-corrected chi connectivity index (χ4v) is 7.12. The fraction of sp³-hybridized carbons (Fsp3) is 0.690. The lowest BCUT2D eigenvalue weighted by molar-refractivity contribution is -0.139. The molecular formula is C29H49N4O9P. The lowest BCUT2D eigenvalue weighted by Gasteiger charge is -2.37. The van der Waals surface area contributed by atoms with Crippen LogP contribution >= 0.6 is 7.60 Å². The first kappa shape index (κ1) is 36.7. The van der Waals surface area contributed by atoms with Crippen molar-refractivity contribution in [1.29, 1.82) is 0 Å². The molecule has 1 amide bonds. The van der Waals surface area contributed by atoms with Gasteiger partial charge in [-0.15, -0.1) is 0 Å². The maximum Gasteiger partial charge on any atom is 0.410 e. The molecule has 14 heteroatoms. The quantitative estimate of drug-likeness (QED) is 0.365. The third-order valence-corrected chi connectivity index (χ3v) is 8.62. The Balaban J connectivity index is 2.27. The maximum atomic E-state index is 14.0. The van der Waals surface area contributed by atoms with Crippen LogP contribution in [0, 0.1) is 0 Å². The zero-order chi connectivity index (χ0) is 32.3. The van der Waals surface area contributed by atoms with Crippen molar-refractivity contribution in [2.24, 2.45) is 0 Å². The number of rotatable bonds is 10. The monoisotopic (exact) mass is 628 g/mol. The predicted molar refractivity (Wildman–Crippen MR) is 162 cm³/mol. The van der Waals surface area contributed by atoms with Gasteiger partial charge in [0.2, 0.25) is 0 Å². The molecule has 0 atom stereocenters. The van der Waals surface area contributed by atoms with Gasteiger partial charge < -0.3 is 28.9 Å². The smallest absolute Gasteiger partial charge is 0.410 e. The number of carboxylic acid groups (broad SMARTS) is 2. The third kappa shape index (κ3) is 15.7. The van der Waals surface area contributed by atoms with E-state index in [1.165, 1.54) is 4.90 Å². The van der Waals surface area contributed by atoms with Crippen LogP contribution < -0.4 is 0 Å². The summed E-state index contributed by atoms with van der Waals surface area (Å²) in [6, 6.07) is 9.25. The number of amides is 1. The van der Waals surface area contributed by atoms with Crippen molar-refractivity contribution in [2.45, 2.75) is 59.4 Å². The van der Waals surface area contributed by atoms with Gasteiger partial charge in [-0.2, -0.15) is 0 Å². The molecule has 13 nitrogen and oxygen atoms in total. The summed E-state index contributed by atoms with van der Waals surface area (Å²) in [5.41, 5.74) is -0.680. The number of aliphatic carboxylic acids is 2. The van der Waals surface area contributed by atoms with Gasteiger partial charge in [0.15, 0.2) is 0 Å². The van der Waals surface area contributed by atoms with E-state index in [0.29, 0.717) is 26.2 Å². The van der Waals surface area contributed by atoms with Crippen molar-refractivity contribution in [3.63, 3.8) is 0 Å². The zero-order valence-electron chi connectivity index (χ0n) is 26.4. The highest BCUT2D eigenvalue weighted by molar-refractivity contribution is 7.53. The van der Waals surface area contributed by atoms with Gasteiger partial charge in [-0.25, -0.2) is 4.79 Å². The van der Waals surface area contributed by atoms with Crippen LogP contribution in [0.15, 0.2) is 30.3 Å². The summed E-state index contributed by atoms with van der Waals surface area (Å²) in [5.74, 6) is -2.02. The van der Waals surface area contributed by atoms with Crippen LogP contribution in [0.4, 0.5) is 4.79 Å². The van der Waals surface area contributed by atoms with Crippen LogP contribution in [0.5, 0.6) is 0 Å². The van der Waals surface area contributed by atoms with Gasteiger partial charge in [-0.05, 0) is 47.1 Å². The second kappa shape index (κ2) is 16.5. The molecule has 0 unspecified atom stereocenters. The predicted octanol–water partition coefficient (Wildman–Crippen LogP) is 3.49. The Morgan fingerprint density at radius 3 is 1.56 bits per heavy atom. The molecule has 1 aliphatic heterocycles. The summed E-state index contributed by atoms with van der Waals surface area (Å²) in [4.78, 5) is 43.2. The minimum atomic E-state index is -3.67. The van der Waals surface area contributed by atoms with E-state index in [1.807, 2.05) is 35.2 Å². The molecule has 0 aliphatic carbocycles. The highest BCUT2D eigenvalue weighted by Gasteiger charge is 2.37. The number of carboxylic acids is 2. The summed E-state index contributed by atoms with van der Waals surface area (Å²) >= 11 is 0. The Hall–Kier alpha value is -2.54. The van der Waals surface area contributed by atoms with Crippen LogP contribution in [0.3, 0.4) is 0 Å². The molecule has 2 N–H and O–H groups in total. The molecule has 1 heterocycles. The van der Waals surface area contributed by atoms with E-state index >= 15 is 0 Å². The largest absolute Gasteiger partial charge is 0.480 e. The SMILES string of the molecule is CC(C)(C)OP(=O)(CN1CCN(CC(=O)O)CCN(C(=O)OCc2ccccc2)CCN(CC(=O)O)CC1)OC(C)(C)C. The summed E-state index contributed by atoms with van der Waals surface area (Å²) < 4.78 is 31.5. The molecule has 1 aromatic rings. The van der Waals surface area contributed by atoms with Gasteiger partial charge >= 0.3 is 25.6 Å². The van der Waals surface area contributed by atoms with E-state index in [1.54, 1.807) is 51.3 Å². The van der Waals surface area contributed by atoms with Crippen LogP contribution in [-0.4, -0.2) is 131 Å². The number of carbonyl (C=O) groups excluding carboxylic acids is 1. The lowest BCUT2D eigenvalue weighted by atomic mass is 10.2. The molecule has 0 aromatic heterocycles. The standard InChI is InChI=1S/C29H49N4O9P/c1-28(2,3)41-43(39,42-29(4,5)6)23-32-14-12-30(20-25(34)35)16-18-33(19-17-31(13-15-32)21-26(36)37)27(38)40-22-24-10-8-7-9-11-24/h7-11H,12-23H2,1-6H3,(H,34,35)(H,36,37). The van der Waals surface area contributed by atoms with Gasteiger partial charge in [0, 0.05) is 52.4 Å². The Morgan fingerprint density at radius 2 is 1.14 bits per heavy atom. The van der Waals surface area contributed by atoms with Crippen LogP contribution in [0.1, 0.15) is 47.1 Å². The minimum absolute atomic E-state index is 0.0543. The van der Waals surface area contributed by atoms with Crippen molar-refractivity contribution in [3.8, 4) is 0 Å².